The fourth-order valence-corrected chi connectivity index (χ4v) is 0.636. The Morgan fingerprint density at radius 1 is 0.609 bits per heavy atom. The van der Waals surface area contributed by atoms with E-state index in [1.54, 1.807) is 0 Å². The van der Waals surface area contributed by atoms with E-state index in [1.807, 2.05) is 0 Å². The Kier molecular flexibility index (Phi) is 32.8. The van der Waals surface area contributed by atoms with Crippen molar-refractivity contribution >= 4 is 23.5 Å². The van der Waals surface area contributed by atoms with Gasteiger partial charge >= 0.3 is 108 Å². The van der Waals surface area contributed by atoms with Crippen molar-refractivity contribution in [3.05, 3.63) is 0 Å². The summed E-state index contributed by atoms with van der Waals surface area (Å²) in [5, 5.41) is 22.8. The number of rotatable bonds is 6. The van der Waals surface area contributed by atoms with Gasteiger partial charge in [-0.15, -0.1) is 0 Å². The Bertz CT molecular complexity index is 329. The van der Waals surface area contributed by atoms with Crippen LogP contribution < -0.4 is 132 Å². The monoisotopic (exact) mass is 460 g/mol. The van der Waals surface area contributed by atoms with E-state index in [9.17, 15) is 43.1 Å². The van der Waals surface area contributed by atoms with Gasteiger partial charge in [0.1, 0.15) is 20.4 Å². The normalized spacial score (nSPS) is 10.8. The van der Waals surface area contributed by atoms with Crippen molar-refractivity contribution < 1.29 is 180 Å². The summed E-state index contributed by atoms with van der Waals surface area (Å²) in [5.41, 5.74) is 0. The first kappa shape index (κ1) is 37.3. The number of phosphoric ester groups is 3. The van der Waals surface area contributed by atoms with E-state index in [-0.39, 0.29) is 108 Å². The molecule has 0 heterocycles. The first-order valence-electron chi connectivity index (χ1n) is 4.01. The molecule has 0 spiro atoms. The van der Waals surface area contributed by atoms with Gasteiger partial charge in [0.25, 0.3) is 0 Å². The standard InChI is InChI=1S/3CH5O5P.2K/c3*2-1-6-7(3,4)5;;/h3*2H,1H2,(H2,3,4,5);;/q;;;2*+1/p-2. The zero-order chi connectivity index (χ0) is 17.7. The fraction of sp³-hybridized carbons (Fsp3) is 1.00. The first-order valence-corrected chi connectivity index (χ1v) is 8.39. The van der Waals surface area contributed by atoms with Crippen LogP contribution >= 0.6 is 23.5 Å². The van der Waals surface area contributed by atoms with Gasteiger partial charge in [0, 0.05) is 0 Å². The molecule has 0 bridgehead atoms. The molecule has 0 radical (unpaired) electrons. The number of phosphoric acid groups is 3. The largest absolute Gasteiger partial charge is 1.00 e. The average molecular weight is 460 g/mol. The summed E-state index contributed by atoms with van der Waals surface area (Å²) >= 11 is 0. The fourth-order valence-electron chi connectivity index (χ4n) is 0.212. The quantitative estimate of drug-likeness (QED) is 0.188. The summed E-state index contributed by atoms with van der Waals surface area (Å²) in [4.78, 5) is 55.9. The van der Waals surface area contributed by atoms with Crippen molar-refractivity contribution in [3.63, 3.8) is 0 Å². The first-order chi connectivity index (χ1) is 9.18. The second-order valence-corrected chi connectivity index (χ2v) is 5.57. The van der Waals surface area contributed by atoms with E-state index < -0.39 is 43.8 Å². The molecule has 20 heteroatoms. The molecule has 3 N–H and O–H groups in total. The molecule has 132 valence electrons. The van der Waals surface area contributed by atoms with Crippen LogP contribution in [0.3, 0.4) is 0 Å². The molecule has 0 aromatic carbocycles. The van der Waals surface area contributed by atoms with Crippen molar-refractivity contribution in [2.24, 2.45) is 0 Å². The van der Waals surface area contributed by atoms with Crippen LogP contribution in [0.1, 0.15) is 5.71 Å². The number of aliphatic hydroxyl groups is 3. The van der Waals surface area contributed by atoms with E-state index in [0.29, 0.717) is 0 Å². The van der Waals surface area contributed by atoms with Gasteiger partial charge in [0.15, 0.2) is 0 Å². The van der Waals surface area contributed by atoms with Crippen molar-refractivity contribution in [2.75, 3.05) is 20.4 Å². The molecule has 0 aliphatic rings. The molecule has 0 saturated carbocycles. The molecule has 0 rings (SSSR count). The number of hydrogen-bond acceptors (Lipinski definition) is 15. The molecule has 0 aromatic rings. The van der Waals surface area contributed by atoms with Crippen molar-refractivity contribution in [3.8, 4) is 0 Å². The van der Waals surface area contributed by atoms with Gasteiger partial charge in [-0.1, -0.05) is 0 Å². The second-order valence-electron chi connectivity index (χ2n) is 2.12. The topological polar surface area (TPSA) is 278 Å². The van der Waals surface area contributed by atoms with Crippen LogP contribution in [-0.2, 0) is 27.3 Å². The van der Waals surface area contributed by atoms with Crippen molar-refractivity contribution in [1.82, 2.24) is 0 Å². The molecule has 15 nitrogen and oxygen atoms in total. The maximum atomic E-state index is 9.32. The Morgan fingerprint density at radius 2 is 0.739 bits per heavy atom. The minimum atomic E-state index is -4.92. The summed E-state index contributed by atoms with van der Waals surface area (Å²) in [7, 11) is -14.7. The third-order valence-corrected chi connectivity index (χ3v) is 1.94. The molecule has 0 aliphatic carbocycles. The minimum Gasteiger partial charge on any atom is -0.790 e. The predicted octanol–water partition coefficient (Wildman–Crippen LogP) is -12.2. The van der Waals surface area contributed by atoms with Crippen LogP contribution in [0.2, 0.25) is 0 Å². The smallest absolute Gasteiger partial charge is 0.790 e. The second kappa shape index (κ2) is 20.2. The van der Waals surface area contributed by atoms with Gasteiger partial charge < -0.3 is 71.9 Å². The van der Waals surface area contributed by atoms with Crippen LogP contribution in [0.5, 0.6) is 0 Å². The van der Waals surface area contributed by atoms with Crippen LogP contribution in [0.4, 0.5) is 0 Å². The Balaban J connectivity index is -0.0000000231. The van der Waals surface area contributed by atoms with Crippen molar-refractivity contribution in [1.29, 1.82) is 0 Å². The minimum absolute atomic E-state index is 0. The van der Waals surface area contributed by atoms with Gasteiger partial charge in [0.2, 0.25) is 0 Å². The van der Waals surface area contributed by atoms with E-state index in [2.05, 4.69) is 13.6 Å². The van der Waals surface area contributed by atoms with Crippen LogP contribution in [-0.4, -0.2) is 35.7 Å². The van der Waals surface area contributed by atoms with Gasteiger partial charge in [-0.2, -0.15) is 0 Å². The van der Waals surface area contributed by atoms with Gasteiger partial charge in [0.05, 0.1) is 23.5 Å². The summed E-state index contributed by atoms with van der Waals surface area (Å²) < 4.78 is 37.7. The molecule has 0 atom stereocenters. The summed E-state index contributed by atoms with van der Waals surface area (Å²) in [6, 6.07) is 0. The van der Waals surface area contributed by atoms with E-state index in [1.165, 1.54) is 0 Å². The average Bonchev–Trinajstić information content (AvgIpc) is 2.12. The summed E-state index contributed by atoms with van der Waals surface area (Å²) in [6.45, 7) is -3.24. The summed E-state index contributed by atoms with van der Waals surface area (Å²) in [5.74, 6) is 0. The van der Waals surface area contributed by atoms with Gasteiger partial charge in [-0.25, -0.2) is 0 Å². The van der Waals surface area contributed by atoms with Crippen LogP contribution in [0.15, 0.2) is 0 Å². The molecule has 0 aromatic heterocycles. The maximum Gasteiger partial charge on any atom is 1.00 e. The molecule has 0 saturated heterocycles. The molecule has 0 amide bonds. The van der Waals surface area contributed by atoms with Crippen LogP contribution in [0, 0.1) is 0 Å². The van der Waals surface area contributed by atoms with E-state index in [4.69, 9.17) is 15.3 Å². The zero-order valence-electron chi connectivity index (χ0n) is 15.7. The predicted molar refractivity (Wildman–Crippen MR) is 51.8 cm³/mol. The molecule has 0 fully saturated rings. The Morgan fingerprint density at radius 3 is 0.739 bits per heavy atom. The molecular formula is C3H13K2O15P3. The van der Waals surface area contributed by atoms with E-state index in [0.717, 1.165) is 0 Å². The Labute approximate surface area is 220 Å². The molecular weight excluding hydrogens is 447 g/mol. The van der Waals surface area contributed by atoms with Crippen molar-refractivity contribution in [2.45, 2.75) is 0 Å². The van der Waals surface area contributed by atoms with Gasteiger partial charge in [-0.3, -0.25) is 0 Å². The third kappa shape index (κ3) is 58.6. The SMILES string of the molecule is O=P([O-])([O-])OCO.O=P([O-])([O-])OCO.O=P([O-])([O-])OCO.[H+].[H+].[H+].[H+].[K+].[K+]. The molecule has 0 unspecified atom stereocenters. The molecule has 23 heavy (non-hydrogen) atoms. The van der Waals surface area contributed by atoms with E-state index >= 15 is 0 Å². The Hall–Kier alpha value is 3.48. The third-order valence-electron chi connectivity index (χ3n) is 0.648. The molecule has 0 aliphatic heterocycles. The maximum absolute atomic E-state index is 9.32. The van der Waals surface area contributed by atoms with Crippen LogP contribution in [0.25, 0.3) is 0 Å². The zero-order valence-corrected chi connectivity index (χ0v) is 20.6. The summed E-state index contributed by atoms with van der Waals surface area (Å²) in [6.07, 6.45) is 0. The number of hydrogen-bond donors (Lipinski definition) is 3. The number of aliphatic hydroxyl groups excluding tert-OH is 3. The van der Waals surface area contributed by atoms with Gasteiger partial charge in [-0.05, 0) is 0 Å².